The van der Waals surface area contributed by atoms with Crippen LogP contribution >= 0.6 is 0 Å². The van der Waals surface area contributed by atoms with Gasteiger partial charge in [0, 0.05) is 23.9 Å². The zero-order chi connectivity index (χ0) is 10.3. The number of anilines is 1. The lowest BCUT2D eigenvalue weighted by Crippen LogP contribution is -2.06. The third-order valence-electron chi connectivity index (χ3n) is 2.62. The third-order valence-corrected chi connectivity index (χ3v) is 2.62. The number of hydrogen-bond acceptors (Lipinski definition) is 4. The molecule has 1 unspecified atom stereocenters. The highest BCUT2D eigenvalue weighted by Gasteiger charge is 2.24. The lowest BCUT2D eigenvalue weighted by atomic mass is 10.1. The van der Waals surface area contributed by atoms with Gasteiger partial charge >= 0.3 is 0 Å². The Morgan fingerprint density at radius 1 is 1.50 bits per heavy atom. The van der Waals surface area contributed by atoms with Crippen molar-refractivity contribution in [1.29, 1.82) is 0 Å². The number of nitrogens with two attached hydrogens (primary N) is 2. The molecule has 5 heteroatoms. The van der Waals surface area contributed by atoms with Crippen molar-refractivity contribution in [2.45, 2.75) is 18.9 Å². The zero-order valence-electron chi connectivity index (χ0n) is 7.56. The van der Waals surface area contributed by atoms with E-state index in [4.69, 9.17) is 11.5 Å². The Hall–Kier alpha value is -1.62. The predicted molar refractivity (Wildman–Crippen MR) is 52.8 cm³/mol. The Labute approximate surface area is 80.9 Å². The van der Waals surface area contributed by atoms with Gasteiger partial charge in [-0.1, -0.05) is 0 Å². The minimum absolute atomic E-state index is 0.0265. The quantitative estimate of drug-likeness (QED) is 0.397. The number of benzene rings is 1. The van der Waals surface area contributed by atoms with E-state index in [2.05, 4.69) is 0 Å². The standard InChI is InChI=1S/C9H11N3O2/c10-8-2-1-6-7(8)3-5(12(13)14)4-9(6)11/h3-4,8H,1-2,10-11H2. The highest BCUT2D eigenvalue weighted by atomic mass is 16.6. The van der Waals surface area contributed by atoms with Crippen LogP contribution in [0.3, 0.4) is 0 Å². The zero-order valence-corrected chi connectivity index (χ0v) is 7.56. The summed E-state index contributed by atoms with van der Waals surface area (Å²) in [4.78, 5) is 10.1. The van der Waals surface area contributed by atoms with Crippen LogP contribution in [0.1, 0.15) is 23.6 Å². The van der Waals surface area contributed by atoms with E-state index in [9.17, 15) is 10.1 Å². The lowest BCUT2D eigenvalue weighted by Gasteiger charge is -2.06. The van der Waals surface area contributed by atoms with Gasteiger partial charge in [-0.25, -0.2) is 0 Å². The summed E-state index contributed by atoms with van der Waals surface area (Å²) in [6.07, 6.45) is 1.64. The van der Waals surface area contributed by atoms with Gasteiger partial charge in [-0.15, -0.1) is 0 Å². The van der Waals surface area contributed by atoms with Crippen LogP contribution in [0.25, 0.3) is 0 Å². The molecular formula is C9H11N3O2. The predicted octanol–water partition coefficient (Wildman–Crippen LogP) is 1.12. The van der Waals surface area contributed by atoms with Crippen molar-refractivity contribution in [2.24, 2.45) is 5.73 Å². The topological polar surface area (TPSA) is 95.2 Å². The number of rotatable bonds is 1. The second kappa shape index (κ2) is 2.95. The first-order valence-electron chi connectivity index (χ1n) is 4.42. The van der Waals surface area contributed by atoms with Gasteiger partial charge in [0.25, 0.3) is 5.69 Å². The van der Waals surface area contributed by atoms with Crippen molar-refractivity contribution in [3.63, 3.8) is 0 Å². The fourth-order valence-corrected chi connectivity index (χ4v) is 1.88. The van der Waals surface area contributed by atoms with E-state index in [1.807, 2.05) is 0 Å². The first-order valence-corrected chi connectivity index (χ1v) is 4.42. The molecule has 14 heavy (non-hydrogen) atoms. The van der Waals surface area contributed by atoms with Crippen molar-refractivity contribution < 1.29 is 4.92 Å². The van der Waals surface area contributed by atoms with E-state index in [1.165, 1.54) is 12.1 Å². The molecule has 1 aliphatic carbocycles. The molecule has 4 N–H and O–H groups in total. The highest BCUT2D eigenvalue weighted by Crippen LogP contribution is 2.36. The minimum atomic E-state index is -0.443. The molecular weight excluding hydrogens is 182 g/mol. The Morgan fingerprint density at radius 2 is 2.21 bits per heavy atom. The molecule has 1 aromatic rings. The number of fused-ring (bicyclic) bond motifs is 1. The van der Waals surface area contributed by atoms with Crippen LogP contribution in [0.2, 0.25) is 0 Å². The van der Waals surface area contributed by atoms with Crippen molar-refractivity contribution >= 4 is 11.4 Å². The largest absolute Gasteiger partial charge is 0.398 e. The summed E-state index contributed by atoms with van der Waals surface area (Å²) in [6, 6.07) is 2.83. The van der Waals surface area contributed by atoms with Gasteiger partial charge in [-0.05, 0) is 24.0 Å². The van der Waals surface area contributed by atoms with Gasteiger partial charge in [-0.3, -0.25) is 10.1 Å². The van der Waals surface area contributed by atoms with Gasteiger partial charge in [0.05, 0.1) is 4.92 Å². The van der Waals surface area contributed by atoms with Crippen LogP contribution in [-0.2, 0) is 6.42 Å². The molecule has 0 heterocycles. The summed E-state index contributed by atoms with van der Waals surface area (Å²) in [6.45, 7) is 0. The molecule has 1 aromatic carbocycles. The summed E-state index contributed by atoms with van der Waals surface area (Å²) in [5, 5.41) is 10.6. The van der Waals surface area contributed by atoms with Crippen molar-refractivity contribution in [2.75, 3.05) is 5.73 Å². The summed E-state index contributed by atoms with van der Waals surface area (Å²) < 4.78 is 0. The fourth-order valence-electron chi connectivity index (χ4n) is 1.88. The lowest BCUT2D eigenvalue weighted by molar-refractivity contribution is -0.384. The van der Waals surface area contributed by atoms with Crippen molar-refractivity contribution in [3.05, 3.63) is 33.4 Å². The number of nitrogen functional groups attached to an aromatic ring is 1. The number of hydrogen-bond donors (Lipinski definition) is 2. The maximum absolute atomic E-state index is 10.6. The number of non-ortho nitro benzene ring substituents is 1. The number of nitro benzene ring substituents is 1. The maximum Gasteiger partial charge on any atom is 0.271 e. The molecule has 1 atom stereocenters. The normalized spacial score (nSPS) is 19.4. The molecule has 2 rings (SSSR count). The van der Waals surface area contributed by atoms with E-state index in [0.717, 1.165) is 24.0 Å². The Morgan fingerprint density at radius 3 is 2.86 bits per heavy atom. The van der Waals surface area contributed by atoms with Crippen LogP contribution in [0, 0.1) is 10.1 Å². The molecule has 0 fully saturated rings. The molecule has 0 amide bonds. The molecule has 0 saturated carbocycles. The summed E-state index contributed by atoms with van der Waals surface area (Å²) in [7, 11) is 0. The van der Waals surface area contributed by atoms with Crippen molar-refractivity contribution in [3.8, 4) is 0 Å². The number of nitro groups is 1. The Balaban J connectivity index is 2.58. The second-order valence-electron chi connectivity index (χ2n) is 3.51. The van der Waals surface area contributed by atoms with Crippen LogP contribution in [0.5, 0.6) is 0 Å². The number of nitrogens with zero attached hydrogens (tertiary/aromatic N) is 1. The second-order valence-corrected chi connectivity index (χ2v) is 3.51. The molecule has 74 valence electrons. The molecule has 0 spiro atoms. The summed E-state index contributed by atoms with van der Waals surface area (Å²) in [5.74, 6) is 0. The molecule has 0 bridgehead atoms. The first-order chi connectivity index (χ1) is 6.59. The van der Waals surface area contributed by atoms with Crippen LogP contribution in [0.15, 0.2) is 12.1 Å². The van der Waals surface area contributed by atoms with Crippen LogP contribution in [-0.4, -0.2) is 4.92 Å². The van der Waals surface area contributed by atoms with E-state index in [-0.39, 0.29) is 11.7 Å². The molecule has 0 radical (unpaired) electrons. The molecule has 0 aromatic heterocycles. The van der Waals surface area contributed by atoms with E-state index in [1.54, 1.807) is 0 Å². The smallest absolute Gasteiger partial charge is 0.271 e. The van der Waals surface area contributed by atoms with Gasteiger partial charge in [0.2, 0.25) is 0 Å². The molecule has 0 saturated heterocycles. The Bertz CT molecular complexity index is 403. The van der Waals surface area contributed by atoms with E-state index in [0.29, 0.717) is 5.69 Å². The van der Waals surface area contributed by atoms with E-state index < -0.39 is 4.92 Å². The highest BCUT2D eigenvalue weighted by molar-refractivity contribution is 5.60. The maximum atomic E-state index is 10.6. The van der Waals surface area contributed by atoms with Gasteiger partial charge < -0.3 is 11.5 Å². The van der Waals surface area contributed by atoms with Crippen LogP contribution < -0.4 is 11.5 Å². The van der Waals surface area contributed by atoms with E-state index >= 15 is 0 Å². The monoisotopic (exact) mass is 193 g/mol. The van der Waals surface area contributed by atoms with Gasteiger partial charge in [0.15, 0.2) is 0 Å². The molecule has 1 aliphatic rings. The molecule has 0 aliphatic heterocycles. The Kier molecular flexibility index (Phi) is 1.89. The third kappa shape index (κ3) is 1.22. The van der Waals surface area contributed by atoms with Crippen molar-refractivity contribution in [1.82, 2.24) is 0 Å². The summed E-state index contributed by atoms with van der Waals surface area (Å²) >= 11 is 0. The molecule has 5 nitrogen and oxygen atoms in total. The first kappa shape index (κ1) is 8.96. The fraction of sp³-hybridized carbons (Fsp3) is 0.333. The van der Waals surface area contributed by atoms with Gasteiger partial charge in [0.1, 0.15) is 0 Å². The average Bonchev–Trinajstić information content (AvgIpc) is 2.48. The summed E-state index contributed by atoms with van der Waals surface area (Å²) in [5.41, 5.74) is 13.8. The van der Waals surface area contributed by atoms with Gasteiger partial charge in [-0.2, -0.15) is 0 Å². The van der Waals surface area contributed by atoms with Crippen LogP contribution in [0.4, 0.5) is 11.4 Å². The minimum Gasteiger partial charge on any atom is -0.398 e. The SMILES string of the molecule is Nc1cc([N+](=O)[O-])cc2c1CCC2N. The average molecular weight is 193 g/mol.